The van der Waals surface area contributed by atoms with Gasteiger partial charge in [0.2, 0.25) is 10.0 Å². The summed E-state index contributed by atoms with van der Waals surface area (Å²) in [6, 6.07) is 19.9. The Morgan fingerprint density at radius 3 is 2.24 bits per heavy atom. The molecule has 0 bridgehead atoms. The minimum Gasteiger partial charge on any atom is -0.369 e. The molecule has 2 heterocycles. The van der Waals surface area contributed by atoms with Crippen molar-refractivity contribution in [2.24, 2.45) is 5.14 Å². The molecule has 0 aliphatic carbocycles. The van der Waals surface area contributed by atoms with Crippen LogP contribution in [0, 0.1) is 0 Å². The van der Waals surface area contributed by atoms with Gasteiger partial charge in [-0.25, -0.2) is 23.5 Å². The highest BCUT2D eigenvalue weighted by Gasteiger charge is 2.16. The SMILES string of the molecule is NS(=O)(=O)CCCNc1nc(-c2ccccc2)nc2scc(-c3ccccc3)c12. The molecular formula is C21H20N4O2S2. The monoisotopic (exact) mass is 424 g/mol. The van der Waals surface area contributed by atoms with Gasteiger partial charge in [0.25, 0.3) is 0 Å². The number of fused-ring (bicyclic) bond motifs is 1. The highest BCUT2D eigenvalue weighted by atomic mass is 32.2. The predicted molar refractivity (Wildman–Crippen MR) is 119 cm³/mol. The molecule has 0 unspecified atom stereocenters. The van der Waals surface area contributed by atoms with E-state index in [1.165, 1.54) is 0 Å². The van der Waals surface area contributed by atoms with E-state index in [0.29, 0.717) is 24.6 Å². The minimum atomic E-state index is -3.48. The van der Waals surface area contributed by atoms with Crippen molar-refractivity contribution in [3.63, 3.8) is 0 Å². The molecule has 0 saturated heterocycles. The van der Waals surface area contributed by atoms with Crippen LogP contribution in [0.5, 0.6) is 0 Å². The molecule has 3 N–H and O–H groups in total. The van der Waals surface area contributed by atoms with Gasteiger partial charge in [-0.05, 0) is 12.0 Å². The van der Waals surface area contributed by atoms with Crippen LogP contribution in [0.3, 0.4) is 0 Å². The average Bonchev–Trinajstić information content (AvgIpc) is 3.16. The normalized spacial score (nSPS) is 11.6. The van der Waals surface area contributed by atoms with Crippen LogP contribution in [-0.4, -0.2) is 30.7 Å². The van der Waals surface area contributed by atoms with E-state index in [-0.39, 0.29) is 5.75 Å². The maximum absolute atomic E-state index is 11.2. The molecule has 6 nitrogen and oxygen atoms in total. The smallest absolute Gasteiger partial charge is 0.209 e. The summed E-state index contributed by atoms with van der Waals surface area (Å²) in [6.07, 6.45) is 0.399. The van der Waals surface area contributed by atoms with E-state index in [4.69, 9.17) is 15.1 Å². The third-order valence-corrected chi connectivity index (χ3v) is 6.18. The Hall–Kier alpha value is -2.81. The second-order valence-corrected chi connectivity index (χ2v) is 9.20. The van der Waals surface area contributed by atoms with E-state index in [1.807, 2.05) is 48.5 Å². The van der Waals surface area contributed by atoms with Crippen molar-refractivity contribution in [2.45, 2.75) is 6.42 Å². The lowest BCUT2D eigenvalue weighted by atomic mass is 10.1. The van der Waals surface area contributed by atoms with Crippen molar-refractivity contribution in [1.29, 1.82) is 0 Å². The van der Waals surface area contributed by atoms with Crippen LogP contribution < -0.4 is 10.5 Å². The quantitative estimate of drug-likeness (QED) is 0.435. The summed E-state index contributed by atoms with van der Waals surface area (Å²) in [6.45, 7) is 0.445. The number of aromatic nitrogens is 2. The van der Waals surface area contributed by atoms with Crippen LogP contribution >= 0.6 is 11.3 Å². The van der Waals surface area contributed by atoms with Gasteiger partial charge in [0.1, 0.15) is 10.6 Å². The maximum Gasteiger partial charge on any atom is 0.209 e. The first-order valence-corrected chi connectivity index (χ1v) is 11.8. The second kappa shape index (κ2) is 8.28. The number of sulfonamides is 1. The lowest BCUT2D eigenvalue weighted by Gasteiger charge is -2.11. The Labute approximate surface area is 173 Å². The molecule has 0 aliphatic rings. The molecule has 0 fully saturated rings. The predicted octanol–water partition coefficient (Wildman–Crippen LogP) is 4.12. The second-order valence-electron chi connectivity index (χ2n) is 6.60. The first kappa shape index (κ1) is 19.5. The molecule has 0 saturated carbocycles. The zero-order valence-electron chi connectivity index (χ0n) is 15.6. The van der Waals surface area contributed by atoms with E-state index in [2.05, 4.69) is 22.8 Å². The van der Waals surface area contributed by atoms with E-state index in [0.717, 1.165) is 26.9 Å². The molecule has 2 aromatic heterocycles. The van der Waals surface area contributed by atoms with E-state index < -0.39 is 10.0 Å². The van der Waals surface area contributed by atoms with Crippen molar-refractivity contribution in [3.05, 3.63) is 66.0 Å². The number of primary sulfonamides is 1. The molecule has 0 atom stereocenters. The fourth-order valence-corrected chi connectivity index (χ4v) is 4.59. The molecule has 0 radical (unpaired) electrons. The third kappa shape index (κ3) is 4.61. The molecular weight excluding hydrogens is 404 g/mol. The van der Waals surface area contributed by atoms with Gasteiger partial charge in [-0.15, -0.1) is 11.3 Å². The van der Waals surface area contributed by atoms with Crippen molar-refractivity contribution in [3.8, 4) is 22.5 Å². The Bertz CT molecular complexity index is 1220. The van der Waals surface area contributed by atoms with Gasteiger partial charge in [-0.3, -0.25) is 0 Å². The standard InChI is InChI=1S/C21H20N4O2S2/c22-29(26,27)13-7-12-23-20-18-17(15-8-3-1-4-9-15)14-28-21(18)25-19(24-20)16-10-5-2-6-11-16/h1-6,8-11,14H,7,12-13H2,(H2,22,26,27)(H,23,24,25). The maximum atomic E-state index is 11.2. The number of nitrogens with one attached hydrogen (secondary N) is 1. The summed E-state index contributed by atoms with van der Waals surface area (Å²) < 4.78 is 22.4. The number of benzene rings is 2. The van der Waals surface area contributed by atoms with Gasteiger partial charge >= 0.3 is 0 Å². The van der Waals surface area contributed by atoms with E-state index >= 15 is 0 Å². The number of hydrogen-bond donors (Lipinski definition) is 2. The first-order valence-electron chi connectivity index (χ1n) is 9.16. The Balaban J connectivity index is 1.76. The molecule has 148 valence electrons. The largest absolute Gasteiger partial charge is 0.369 e. The number of thiophene rings is 1. The first-order chi connectivity index (χ1) is 14.0. The summed E-state index contributed by atoms with van der Waals surface area (Å²) in [5, 5.41) is 11.4. The van der Waals surface area contributed by atoms with E-state index in [9.17, 15) is 8.42 Å². The number of anilines is 1. The minimum absolute atomic E-state index is 0.0745. The van der Waals surface area contributed by atoms with Crippen molar-refractivity contribution >= 4 is 37.4 Å². The third-order valence-electron chi connectivity index (χ3n) is 4.45. The van der Waals surface area contributed by atoms with Gasteiger partial charge in [-0.2, -0.15) is 0 Å². The summed E-state index contributed by atoms with van der Waals surface area (Å²) in [5.41, 5.74) is 3.07. The van der Waals surface area contributed by atoms with Crippen molar-refractivity contribution < 1.29 is 8.42 Å². The number of hydrogen-bond acceptors (Lipinski definition) is 6. The Morgan fingerprint density at radius 2 is 1.59 bits per heavy atom. The van der Waals surface area contributed by atoms with Gasteiger partial charge in [0.15, 0.2) is 5.82 Å². The number of rotatable bonds is 7. The number of nitrogens with zero attached hydrogens (tertiary/aromatic N) is 2. The zero-order chi connectivity index (χ0) is 20.3. The molecule has 0 aliphatic heterocycles. The molecule has 4 rings (SSSR count). The van der Waals surface area contributed by atoms with Crippen molar-refractivity contribution in [1.82, 2.24) is 9.97 Å². The molecule has 4 aromatic rings. The van der Waals surface area contributed by atoms with E-state index in [1.54, 1.807) is 11.3 Å². The summed E-state index contributed by atoms with van der Waals surface area (Å²) in [5.74, 6) is 1.26. The van der Waals surface area contributed by atoms with Gasteiger partial charge in [0, 0.05) is 23.1 Å². The van der Waals surface area contributed by atoms with Gasteiger partial charge in [0.05, 0.1) is 11.1 Å². The van der Waals surface area contributed by atoms with Gasteiger partial charge in [-0.1, -0.05) is 60.7 Å². The van der Waals surface area contributed by atoms with Crippen LogP contribution in [0.2, 0.25) is 0 Å². The molecule has 29 heavy (non-hydrogen) atoms. The van der Waals surface area contributed by atoms with Crippen LogP contribution in [0.25, 0.3) is 32.7 Å². The summed E-state index contributed by atoms with van der Waals surface area (Å²) >= 11 is 1.57. The van der Waals surface area contributed by atoms with Crippen molar-refractivity contribution in [2.75, 3.05) is 17.6 Å². The molecule has 2 aromatic carbocycles. The molecule has 0 amide bonds. The fourth-order valence-electron chi connectivity index (χ4n) is 3.10. The zero-order valence-corrected chi connectivity index (χ0v) is 17.2. The summed E-state index contributed by atoms with van der Waals surface area (Å²) in [4.78, 5) is 10.4. The van der Waals surface area contributed by atoms with Crippen LogP contribution in [0.4, 0.5) is 5.82 Å². The lowest BCUT2D eigenvalue weighted by molar-refractivity contribution is 0.596. The fraction of sp³-hybridized carbons (Fsp3) is 0.143. The van der Waals surface area contributed by atoms with Crippen LogP contribution in [-0.2, 0) is 10.0 Å². The topological polar surface area (TPSA) is 98.0 Å². The highest BCUT2D eigenvalue weighted by molar-refractivity contribution is 7.89. The summed E-state index contributed by atoms with van der Waals surface area (Å²) in [7, 11) is -3.48. The molecule has 8 heteroatoms. The highest BCUT2D eigenvalue weighted by Crippen LogP contribution is 2.38. The molecule has 0 spiro atoms. The number of nitrogens with two attached hydrogens (primary N) is 1. The van der Waals surface area contributed by atoms with Crippen LogP contribution in [0.1, 0.15) is 6.42 Å². The van der Waals surface area contributed by atoms with Gasteiger partial charge < -0.3 is 5.32 Å². The Kier molecular flexibility index (Phi) is 5.57. The van der Waals surface area contributed by atoms with Crippen LogP contribution in [0.15, 0.2) is 66.0 Å². The average molecular weight is 425 g/mol. The Morgan fingerprint density at radius 1 is 0.931 bits per heavy atom. The lowest BCUT2D eigenvalue weighted by Crippen LogP contribution is -2.19.